The molecular formula is C17H15BrN2O4. The molecule has 3 aromatic rings. The van der Waals surface area contributed by atoms with E-state index in [1.165, 1.54) is 0 Å². The van der Waals surface area contributed by atoms with E-state index in [1.54, 1.807) is 36.1 Å². The number of benzene rings is 1. The number of nitrogens with zero attached hydrogens (tertiary/aromatic N) is 2. The van der Waals surface area contributed by atoms with E-state index < -0.39 is 5.97 Å². The van der Waals surface area contributed by atoms with Gasteiger partial charge in [0.15, 0.2) is 16.1 Å². The Morgan fingerprint density at radius 1 is 1.29 bits per heavy atom. The van der Waals surface area contributed by atoms with Crippen molar-refractivity contribution >= 4 is 21.9 Å². The van der Waals surface area contributed by atoms with Crippen LogP contribution < -0.4 is 4.74 Å². The summed E-state index contributed by atoms with van der Waals surface area (Å²) in [5, 5.41) is 13.8. The van der Waals surface area contributed by atoms with E-state index in [-0.39, 0.29) is 5.69 Å². The summed E-state index contributed by atoms with van der Waals surface area (Å²) in [6.07, 6.45) is 0.519. The van der Waals surface area contributed by atoms with Gasteiger partial charge in [0.2, 0.25) is 0 Å². The van der Waals surface area contributed by atoms with Crippen molar-refractivity contribution in [1.82, 2.24) is 9.78 Å². The van der Waals surface area contributed by atoms with Crippen molar-refractivity contribution in [2.24, 2.45) is 0 Å². The van der Waals surface area contributed by atoms with Gasteiger partial charge in [0.25, 0.3) is 0 Å². The van der Waals surface area contributed by atoms with Gasteiger partial charge >= 0.3 is 5.97 Å². The number of hydrogen-bond acceptors (Lipinski definition) is 4. The average Bonchev–Trinajstić information content (AvgIpc) is 3.18. The highest BCUT2D eigenvalue weighted by Gasteiger charge is 2.25. The number of hydrogen-bond donors (Lipinski definition) is 1. The predicted octanol–water partition coefficient (Wildman–Crippen LogP) is 4.16. The number of carboxylic acids is 1. The van der Waals surface area contributed by atoms with Crippen LogP contribution in [0.25, 0.3) is 17.1 Å². The molecule has 1 N–H and O–H groups in total. The summed E-state index contributed by atoms with van der Waals surface area (Å²) in [7, 11) is 1.59. The molecule has 0 radical (unpaired) electrons. The van der Waals surface area contributed by atoms with E-state index in [2.05, 4.69) is 21.0 Å². The van der Waals surface area contributed by atoms with E-state index in [0.717, 1.165) is 5.69 Å². The Balaban J connectivity index is 2.25. The Kier molecular flexibility index (Phi) is 4.44. The first-order chi connectivity index (χ1) is 11.5. The van der Waals surface area contributed by atoms with Gasteiger partial charge in [0.05, 0.1) is 12.8 Å². The van der Waals surface area contributed by atoms with Crippen molar-refractivity contribution in [2.45, 2.75) is 13.3 Å². The quantitative estimate of drug-likeness (QED) is 0.707. The molecule has 0 fully saturated rings. The first-order valence-electron chi connectivity index (χ1n) is 7.30. The fraction of sp³-hybridized carbons (Fsp3) is 0.176. The molecule has 0 bridgehead atoms. The summed E-state index contributed by atoms with van der Waals surface area (Å²) < 4.78 is 13.0. The summed E-state index contributed by atoms with van der Waals surface area (Å²) in [6, 6.07) is 10.8. The van der Waals surface area contributed by atoms with Crippen LogP contribution in [0.15, 0.2) is 45.5 Å². The minimum atomic E-state index is -1.06. The fourth-order valence-electron chi connectivity index (χ4n) is 2.56. The number of methoxy groups -OCH3 is 1. The van der Waals surface area contributed by atoms with E-state index in [9.17, 15) is 9.90 Å². The highest BCUT2D eigenvalue weighted by Crippen LogP contribution is 2.32. The molecule has 0 aliphatic carbocycles. The van der Waals surface area contributed by atoms with Crippen molar-refractivity contribution in [3.63, 3.8) is 0 Å². The minimum absolute atomic E-state index is 0.0239. The summed E-state index contributed by atoms with van der Waals surface area (Å²) in [4.78, 5) is 11.6. The molecule has 0 unspecified atom stereocenters. The number of halogens is 1. The molecule has 0 aliphatic heterocycles. The van der Waals surface area contributed by atoms with E-state index in [0.29, 0.717) is 33.9 Å². The number of aromatic nitrogens is 2. The zero-order valence-corrected chi connectivity index (χ0v) is 14.7. The number of carbonyl (C=O) groups is 1. The third-order valence-electron chi connectivity index (χ3n) is 3.66. The smallest absolute Gasteiger partial charge is 0.356 e. The van der Waals surface area contributed by atoms with Crippen LogP contribution in [-0.2, 0) is 6.42 Å². The van der Waals surface area contributed by atoms with Gasteiger partial charge in [-0.15, -0.1) is 0 Å². The maximum atomic E-state index is 11.6. The number of ether oxygens (including phenoxy) is 1. The Labute approximate surface area is 146 Å². The van der Waals surface area contributed by atoms with Gasteiger partial charge in [-0.2, -0.15) is 5.10 Å². The van der Waals surface area contributed by atoms with Crippen molar-refractivity contribution in [3.05, 3.63) is 52.3 Å². The van der Waals surface area contributed by atoms with Crippen LogP contribution in [-0.4, -0.2) is 28.0 Å². The third-order valence-corrected chi connectivity index (χ3v) is 4.09. The summed E-state index contributed by atoms with van der Waals surface area (Å²) in [5.74, 6) is 0.197. The number of carboxylic acid groups (broad SMARTS) is 1. The Morgan fingerprint density at radius 3 is 2.50 bits per heavy atom. The highest BCUT2D eigenvalue weighted by atomic mass is 79.9. The molecule has 2 aromatic heterocycles. The van der Waals surface area contributed by atoms with Crippen LogP contribution >= 0.6 is 15.9 Å². The maximum absolute atomic E-state index is 11.6. The Morgan fingerprint density at radius 2 is 2.00 bits per heavy atom. The Bertz CT molecular complexity index is 881. The third kappa shape index (κ3) is 2.82. The zero-order chi connectivity index (χ0) is 17.3. The van der Waals surface area contributed by atoms with Crippen LogP contribution in [0.4, 0.5) is 0 Å². The van der Waals surface area contributed by atoms with Crippen LogP contribution in [0.2, 0.25) is 0 Å². The molecule has 0 atom stereocenters. The summed E-state index contributed by atoms with van der Waals surface area (Å²) >= 11 is 3.28. The van der Waals surface area contributed by atoms with Crippen LogP contribution in [0.5, 0.6) is 5.75 Å². The number of aromatic carboxylic acids is 1. The lowest BCUT2D eigenvalue weighted by Gasteiger charge is -2.08. The van der Waals surface area contributed by atoms with Gasteiger partial charge in [-0.05, 0) is 58.7 Å². The number of rotatable bonds is 5. The second-order valence-corrected chi connectivity index (χ2v) is 5.83. The van der Waals surface area contributed by atoms with Gasteiger partial charge in [0.1, 0.15) is 11.4 Å². The molecule has 0 aliphatic rings. The summed E-state index contributed by atoms with van der Waals surface area (Å²) in [5.41, 5.74) is 2.00. The van der Waals surface area contributed by atoms with E-state index in [4.69, 9.17) is 9.15 Å². The predicted molar refractivity (Wildman–Crippen MR) is 91.9 cm³/mol. The van der Waals surface area contributed by atoms with E-state index in [1.807, 2.05) is 19.1 Å². The summed E-state index contributed by atoms with van der Waals surface area (Å²) in [6.45, 7) is 1.89. The molecule has 3 rings (SSSR count). The molecular weight excluding hydrogens is 376 g/mol. The van der Waals surface area contributed by atoms with E-state index >= 15 is 0 Å². The Hall–Kier alpha value is -2.54. The van der Waals surface area contributed by atoms with Gasteiger partial charge in [-0.3, -0.25) is 0 Å². The molecule has 1 aromatic carbocycles. The lowest BCUT2D eigenvalue weighted by molar-refractivity contribution is 0.0689. The molecule has 24 heavy (non-hydrogen) atoms. The standard InChI is InChI=1S/C17H15BrN2O4/c1-3-12-15(17(21)22)19-20(10-4-6-11(23-2)7-5-10)16(12)13-8-9-14(18)24-13/h4-9H,3H2,1-2H3,(H,21,22). The van der Waals surface area contributed by atoms with Gasteiger partial charge in [-0.1, -0.05) is 6.92 Å². The van der Waals surface area contributed by atoms with Crippen LogP contribution in [0.3, 0.4) is 0 Å². The molecule has 0 saturated carbocycles. The fourth-order valence-corrected chi connectivity index (χ4v) is 2.87. The van der Waals surface area contributed by atoms with Gasteiger partial charge in [0, 0.05) is 5.56 Å². The molecule has 0 saturated heterocycles. The second-order valence-electron chi connectivity index (χ2n) is 5.05. The topological polar surface area (TPSA) is 77.5 Å². The lowest BCUT2D eigenvalue weighted by Crippen LogP contribution is -2.02. The average molecular weight is 391 g/mol. The van der Waals surface area contributed by atoms with Gasteiger partial charge < -0.3 is 14.3 Å². The molecule has 6 nitrogen and oxygen atoms in total. The molecule has 0 spiro atoms. The largest absolute Gasteiger partial charge is 0.497 e. The maximum Gasteiger partial charge on any atom is 0.356 e. The van der Waals surface area contributed by atoms with Gasteiger partial charge in [-0.25, -0.2) is 9.48 Å². The molecule has 7 heteroatoms. The minimum Gasteiger partial charge on any atom is -0.497 e. The SMILES string of the molecule is CCc1c(C(=O)O)nn(-c2ccc(OC)cc2)c1-c1ccc(Br)o1. The molecule has 124 valence electrons. The first kappa shape index (κ1) is 16.3. The van der Waals surface area contributed by atoms with Crippen molar-refractivity contribution in [1.29, 1.82) is 0 Å². The van der Waals surface area contributed by atoms with Crippen molar-refractivity contribution in [3.8, 4) is 22.9 Å². The molecule has 2 heterocycles. The zero-order valence-electron chi connectivity index (χ0n) is 13.1. The second kappa shape index (κ2) is 6.52. The first-order valence-corrected chi connectivity index (χ1v) is 8.09. The monoisotopic (exact) mass is 390 g/mol. The molecule has 0 amide bonds. The highest BCUT2D eigenvalue weighted by molar-refractivity contribution is 9.10. The van der Waals surface area contributed by atoms with Crippen molar-refractivity contribution < 1.29 is 19.1 Å². The van der Waals surface area contributed by atoms with Crippen molar-refractivity contribution in [2.75, 3.05) is 7.11 Å². The lowest BCUT2D eigenvalue weighted by atomic mass is 10.1. The number of furan rings is 1. The normalized spacial score (nSPS) is 10.8. The van der Waals surface area contributed by atoms with Crippen LogP contribution in [0.1, 0.15) is 23.0 Å². The van der Waals surface area contributed by atoms with Crippen LogP contribution in [0, 0.1) is 0 Å².